The molecule has 4 nitrogen and oxygen atoms in total. The molecule has 0 N–H and O–H groups in total. The number of nitrogens with zero attached hydrogens (tertiary/aromatic N) is 4. The van der Waals surface area contributed by atoms with Crippen LogP contribution in [0.5, 0.6) is 0 Å². The molecular weight excluding hydrogens is 272 g/mol. The molecule has 0 spiro atoms. The van der Waals surface area contributed by atoms with Crippen molar-refractivity contribution in [2.75, 3.05) is 0 Å². The molecule has 4 aromatic rings. The van der Waals surface area contributed by atoms with Gasteiger partial charge in [0.15, 0.2) is 5.82 Å². The monoisotopic (exact) mass is 284 g/mol. The summed E-state index contributed by atoms with van der Waals surface area (Å²) >= 11 is 0. The van der Waals surface area contributed by atoms with Crippen molar-refractivity contribution < 1.29 is 0 Å². The van der Waals surface area contributed by atoms with Gasteiger partial charge in [-0.25, -0.2) is 15.0 Å². The minimum atomic E-state index is 0.605. The van der Waals surface area contributed by atoms with Crippen LogP contribution in [-0.4, -0.2) is 19.9 Å². The van der Waals surface area contributed by atoms with E-state index in [1.54, 1.807) is 24.7 Å². The van der Waals surface area contributed by atoms with Crippen LogP contribution in [0.2, 0.25) is 0 Å². The molecule has 3 aromatic heterocycles. The van der Waals surface area contributed by atoms with Gasteiger partial charge in [0.05, 0.1) is 11.2 Å². The van der Waals surface area contributed by atoms with Crippen molar-refractivity contribution in [3.05, 3.63) is 73.2 Å². The third-order valence-corrected chi connectivity index (χ3v) is 3.44. The van der Waals surface area contributed by atoms with E-state index in [2.05, 4.69) is 21.0 Å². The van der Waals surface area contributed by atoms with Gasteiger partial charge in [-0.15, -0.1) is 0 Å². The summed E-state index contributed by atoms with van der Waals surface area (Å²) in [6, 6.07) is 17.7. The Morgan fingerprint density at radius 1 is 0.682 bits per heavy atom. The summed E-state index contributed by atoms with van der Waals surface area (Å²) in [6.07, 6.45) is 5.23. The van der Waals surface area contributed by atoms with Crippen LogP contribution in [0, 0.1) is 0 Å². The van der Waals surface area contributed by atoms with Crippen LogP contribution in [0.15, 0.2) is 73.2 Å². The van der Waals surface area contributed by atoms with E-state index in [9.17, 15) is 0 Å². The number of benzene rings is 1. The number of hydrogen-bond donors (Lipinski definition) is 0. The van der Waals surface area contributed by atoms with Crippen molar-refractivity contribution in [2.24, 2.45) is 0 Å². The lowest BCUT2D eigenvalue weighted by atomic mass is 10.1. The smallest absolute Gasteiger partial charge is 0.178 e. The number of hydrogen-bond acceptors (Lipinski definition) is 4. The van der Waals surface area contributed by atoms with E-state index < -0.39 is 0 Å². The fourth-order valence-electron chi connectivity index (χ4n) is 2.43. The molecule has 0 amide bonds. The van der Waals surface area contributed by atoms with Gasteiger partial charge in [-0.3, -0.25) is 4.98 Å². The maximum Gasteiger partial charge on any atom is 0.178 e. The second-order valence-electron chi connectivity index (χ2n) is 4.86. The largest absolute Gasteiger partial charge is 0.256 e. The third-order valence-electron chi connectivity index (χ3n) is 3.44. The molecular formula is C18H12N4. The molecule has 0 aliphatic rings. The van der Waals surface area contributed by atoms with Crippen molar-refractivity contribution in [2.45, 2.75) is 0 Å². The first-order chi connectivity index (χ1) is 10.9. The lowest BCUT2D eigenvalue weighted by molar-refractivity contribution is 1.15. The highest BCUT2D eigenvalue weighted by molar-refractivity contribution is 5.89. The second-order valence-corrected chi connectivity index (χ2v) is 4.86. The van der Waals surface area contributed by atoms with Crippen LogP contribution < -0.4 is 0 Å². The molecule has 22 heavy (non-hydrogen) atoms. The molecule has 0 unspecified atom stereocenters. The number of pyridine rings is 2. The minimum Gasteiger partial charge on any atom is -0.256 e. The Kier molecular flexibility index (Phi) is 3.05. The van der Waals surface area contributed by atoms with Crippen LogP contribution in [0.4, 0.5) is 0 Å². The molecule has 0 radical (unpaired) electrons. The molecule has 0 fully saturated rings. The number of aromatic nitrogens is 4. The number of para-hydroxylation sites is 1. The Balaban J connectivity index is 2.04. The Morgan fingerprint density at radius 2 is 1.45 bits per heavy atom. The maximum atomic E-state index is 4.76. The van der Waals surface area contributed by atoms with E-state index in [0.29, 0.717) is 5.82 Å². The minimum absolute atomic E-state index is 0.605. The van der Waals surface area contributed by atoms with Crippen LogP contribution in [0.1, 0.15) is 0 Å². The van der Waals surface area contributed by atoms with Gasteiger partial charge in [-0.1, -0.05) is 24.3 Å². The fraction of sp³-hybridized carbons (Fsp3) is 0. The van der Waals surface area contributed by atoms with Crippen molar-refractivity contribution in [3.8, 4) is 22.8 Å². The summed E-state index contributed by atoms with van der Waals surface area (Å²) < 4.78 is 0. The molecule has 0 saturated heterocycles. The Bertz CT molecular complexity index is 843. The van der Waals surface area contributed by atoms with Crippen LogP contribution in [-0.2, 0) is 0 Å². The summed E-state index contributed by atoms with van der Waals surface area (Å²) in [5.41, 5.74) is 3.47. The van der Waals surface area contributed by atoms with Gasteiger partial charge in [-0.05, 0) is 30.3 Å². The highest BCUT2D eigenvalue weighted by Gasteiger charge is 2.13. The number of rotatable bonds is 2. The summed E-state index contributed by atoms with van der Waals surface area (Å²) in [6.45, 7) is 0. The van der Waals surface area contributed by atoms with Crippen LogP contribution >= 0.6 is 0 Å². The van der Waals surface area contributed by atoms with E-state index in [1.165, 1.54) is 0 Å². The standard InChI is InChI=1S/C18H12N4/c1-2-7-15-13(6-1)12-14(16-8-3-4-9-19-16)17(22-15)18-20-10-5-11-21-18/h1-12H. The van der Waals surface area contributed by atoms with Gasteiger partial charge >= 0.3 is 0 Å². The molecule has 1 aromatic carbocycles. The summed E-state index contributed by atoms with van der Waals surface area (Å²) in [7, 11) is 0. The fourth-order valence-corrected chi connectivity index (χ4v) is 2.43. The number of fused-ring (bicyclic) bond motifs is 1. The molecule has 104 valence electrons. The average Bonchev–Trinajstić information content (AvgIpc) is 2.62. The van der Waals surface area contributed by atoms with Gasteiger partial charge in [-0.2, -0.15) is 0 Å². The lowest BCUT2D eigenvalue weighted by Gasteiger charge is -2.09. The summed E-state index contributed by atoms with van der Waals surface area (Å²) in [5, 5.41) is 1.07. The zero-order chi connectivity index (χ0) is 14.8. The molecule has 0 aliphatic carbocycles. The third kappa shape index (κ3) is 2.20. The van der Waals surface area contributed by atoms with Crippen molar-refractivity contribution in [1.82, 2.24) is 19.9 Å². The second kappa shape index (κ2) is 5.33. The predicted octanol–water partition coefficient (Wildman–Crippen LogP) is 3.75. The Hall–Kier alpha value is -3.14. The Morgan fingerprint density at radius 3 is 2.27 bits per heavy atom. The normalized spacial score (nSPS) is 10.7. The topological polar surface area (TPSA) is 51.6 Å². The van der Waals surface area contributed by atoms with Gasteiger partial charge in [0.25, 0.3) is 0 Å². The van der Waals surface area contributed by atoms with Crippen LogP contribution in [0.25, 0.3) is 33.7 Å². The average molecular weight is 284 g/mol. The van der Waals surface area contributed by atoms with Gasteiger partial charge < -0.3 is 0 Å². The molecule has 3 heterocycles. The molecule has 4 rings (SSSR count). The molecule has 4 heteroatoms. The molecule has 0 bridgehead atoms. The zero-order valence-corrected chi connectivity index (χ0v) is 11.7. The van der Waals surface area contributed by atoms with Gasteiger partial charge in [0.1, 0.15) is 5.69 Å². The lowest BCUT2D eigenvalue weighted by Crippen LogP contribution is -1.96. The van der Waals surface area contributed by atoms with Crippen molar-refractivity contribution in [1.29, 1.82) is 0 Å². The first-order valence-electron chi connectivity index (χ1n) is 7.00. The van der Waals surface area contributed by atoms with E-state index in [1.807, 2.05) is 42.5 Å². The van der Waals surface area contributed by atoms with Crippen LogP contribution in [0.3, 0.4) is 0 Å². The van der Waals surface area contributed by atoms with Gasteiger partial charge in [0, 0.05) is 29.5 Å². The van der Waals surface area contributed by atoms with Crippen molar-refractivity contribution in [3.63, 3.8) is 0 Å². The quantitative estimate of drug-likeness (QED) is 0.562. The van der Waals surface area contributed by atoms with E-state index >= 15 is 0 Å². The SMILES string of the molecule is c1ccc(-c2cc3ccccc3nc2-c2ncccn2)nc1. The molecule has 0 aliphatic heterocycles. The molecule has 0 saturated carbocycles. The Labute approximate surface area is 127 Å². The van der Waals surface area contributed by atoms with E-state index in [4.69, 9.17) is 4.98 Å². The van der Waals surface area contributed by atoms with Gasteiger partial charge in [0.2, 0.25) is 0 Å². The highest BCUT2D eigenvalue weighted by atomic mass is 14.9. The first kappa shape index (κ1) is 12.6. The summed E-state index contributed by atoms with van der Waals surface area (Å²) in [5.74, 6) is 0.605. The van der Waals surface area contributed by atoms with E-state index in [0.717, 1.165) is 27.9 Å². The zero-order valence-electron chi connectivity index (χ0n) is 11.7. The highest BCUT2D eigenvalue weighted by Crippen LogP contribution is 2.30. The first-order valence-corrected chi connectivity index (χ1v) is 7.00. The molecule has 0 atom stereocenters. The van der Waals surface area contributed by atoms with Crippen molar-refractivity contribution >= 4 is 10.9 Å². The maximum absolute atomic E-state index is 4.76. The predicted molar refractivity (Wildman–Crippen MR) is 86.0 cm³/mol. The summed E-state index contributed by atoms with van der Waals surface area (Å²) in [4.78, 5) is 17.9. The van der Waals surface area contributed by atoms with E-state index in [-0.39, 0.29) is 0 Å².